The van der Waals surface area contributed by atoms with Gasteiger partial charge in [0, 0.05) is 18.5 Å². The zero-order chi connectivity index (χ0) is 14.8. The number of thiazole rings is 1. The van der Waals surface area contributed by atoms with Gasteiger partial charge in [-0.05, 0) is 26.7 Å². The summed E-state index contributed by atoms with van der Waals surface area (Å²) in [5, 5.41) is 14.4. The molecule has 1 saturated heterocycles. The summed E-state index contributed by atoms with van der Waals surface area (Å²) in [5.41, 5.74) is -0.513. The zero-order valence-corrected chi connectivity index (χ0v) is 12.5. The summed E-state index contributed by atoms with van der Waals surface area (Å²) in [6.45, 7) is 5.10. The number of hydrogen-bond acceptors (Lipinski definition) is 5. The SMILES string of the molecule is CC(C)(C(=O)O)c1csc(NCC(=O)N2CCCC2)n1. The summed E-state index contributed by atoms with van der Waals surface area (Å²) in [5.74, 6) is -0.848. The van der Waals surface area contributed by atoms with Crippen LogP contribution in [-0.4, -0.2) is 46.5 Å². The number of carbonyl (C=O) groups excluding carboxylic acids is 1. The molecular weight excluding hydrogens is 278 g/mol. The Labute approximate surface area is 121 Å². The van der Waals surface area contributed by atoms with E-state index in [1.165, 1.54) is 11.3 Å². The second-order valence-corrected chi connectivity index (χ2v) is 6.27. The monoisotopic (exact) mass is 297 g/mol. The van der Waals surface area contributed by atoms with Crippen molar-refractivity contribution in [2.75, 3.05) is 25.0 Å². The minimum Gasteiger partial charge on any atom is -0.481 e. The molecule has 2 rings (SSSR count). The lowest BCUT2D eigenvalue weighted by Gasteiger charge is -2.16. The molecule has 0 spiro atoms. The lowest BCUT2D eigenvalue weighted by molar-refractivity contribution is -0.142. The van der Waals surface area contributed by atoms with Crippen molar-refractivity contribution in [3.05, 3.63) is 11.1 Å². The number of aromatic nitrogens is 1. The van der Waals surface area contributed by atoms with E-state index >= 15 is 0 Å². The molecule has 0 unspecified atom stereocenters. The molecule has 110 valence electrons. The summed E-state index contributed by atoms with van der Waals surface area (Å²) < 4.78 is 0. The van der Waals surface area contributed by atoms with Gasteiger partial charge in [-0.3, -0.25) is 9.59 Å². The van der Waals surface area contributed by atoms with Crippen LogP contribution in [0, 0.1) is 0 Å². The predicted octanol–water partition coefficient (Wildman–Crippen LogP) is 1.54. The molecule has 1 fully saturated rings. The van der Waals surface area contributed by atoms with Crippen LogP contribution in [0.4, 0.5) is 5.13 Å². The van der Waals surface area contributed by atoms with Crippen LogP contribution in [0.25, 0.3) is 0 Å². The van der Waals surface area contributed by atoms with Crippen molar-refractivity contribution in [1.82, 2.24) is 9.88 Å². The molecule has 0 atom stereocenters. The maximum absolute atomic E-state index is 11.9. The van der Waals surface area contributed by atoms with E-state index in [2.05, 4.69) is 10.3 Å². The fraction of sp³-hybridized carbons (Fsp3) is 0.615. The molecule has 0 saturated carbocycles. The standard InChI is InChI=1S/C13H19N3O3S/c1-13(2,11(18)19)9-8-20-12(15-9)14-7-10(17)16-5-3-4-6-16/h8H,3-7H2,1-2H3,(H,14,15)(H,18,19). The van der Waals surface area contributed by atoms with Crippen molar-refractivity contribution in [1.29, 1.82) is 0 Å². The molecule has 1 aliphatic heterocycles. The fourth-order valence-electron chi connectivity index (χ4n) is 1.98. The Hall–Kier alpha value is -1.63. The average Bonchev–Trinajstić information content (AvgIpc) is 3.07. The number of nitrogens with one attached hydrogen (secondary N) is 1. The molecule has 0 bridgehead atoms. The van der Waals surface area contributed by atoms with Gasteiger partial charge in [0.1, 0.15) is 5.41 Å². The Morgan fingerprint density at radius 3 is 2.70 bits per heavy atom. The Balaban J connectivity index is 1.93. The van der Waals surface area contributed by atoms with Crippen LogP contribution in [0.1, 0.15) is 32.4 Å². The second kappa shape index (κ2) is 5.78. The van der Waals surface area contributed by atoms with Crippen LogP contribution in [0.5, 0.6) is 0 Å². The average molecular weight is 297 g/mol. The largest absolute Gasteiger partial charge is 0.481 e. The number of carboxylic acids is 1. The van der Waals surface area contributed by atoms with Crippen molar-refractivity contribution < 1.29 is 14.7 Å². The molecule has 1 aliphatic rings. The van der Waals surface area contributed by atoms with Gasteiger partial charge in [0.2, 0.25) is 5.91 Å². The van der Waals surface area contributed by atoms with Crippen LogP contribution in [0.2, 0.25) is 0 Å². The molecule has 0 radical (unpaired) electrons. The van der Waals surface area contributed by atoms with Crippen molar-refractivity contribution in [3.8, 4) is 0 Å². The third-order valence-electron chi connectivity index (χ3n) is 3.53. The van der Waals surface area contributed by atoms with Gasteiger partial charge in [-0.1, -0.05) is 0 Å². The third kappa shape index (κ3) is 3.09. The van der Waals surface area contributed by atoms with E-state index in [9.17, 15) is 9.59 Å². The molecule has 1 aromatic rings. The lowest BCUT2D eigenvalue weighted by Crippen LogP contribution is -2.33. The maximum atomic E-state index is 11.9. The van der Waals surface area contributed by atoms with E-state index in [4.69, 9.17) is 5.11 Å². The molecule has 2 N–H and O–H groups in total. The van der Waals surface area contributed by atoms with Crippen LogP contribution < -0.4 is 5.32 Å². The molecule has 7 heteroatoms. The summed E-state index contributed by atoms with van der Waals surface area (Å²) >= 11 is 1.32. The first kappa shape index (κ1) is 14.8. The number of hydrogen-bond donors (Lipinski definition) is 2. The van der Waals surface area contributed by atoms with Crippen LogP contribution in [0.15, 0.2) is 5.38 Å². The van der Waals surface area contributed by atoms with Crippen molar-refractivity contribution in [2.24, 2.45) is 0 Å². The third-order valence-corrected chi connectivity index (χ3v) is 4.33. The number of aliphatic carboxylic acids is 1. The van der Waals surface area contributed by atoms with Gasteiger partial charge in [0.15, 0.2) is 5.13 Å². The number of anilines is 1. The molecular formula is C13H19N3O3S. The Bertz CT molecular complexity index is 507. The van der Waals surface area contributed by atoms with Crippen LogP contribution in [0.3, 0.4) is 0 Å². The number of rotatable bonds is 5. The minimum absolute atomic E-state index is 0.0664. The molecule has 1 aromatic heterocycles. The quantitative estimate of drug-likeness (QED) is 0.861. The topological polar surface area (TPSA) is 82.5 Å². The smallest absolute Gasteiger partial charge is 0.315 e. The van der Waals surface area contributed by atoms with Crippen LogP contribution >= 0.6 is 11.3 Å². The van der Waals surface area contributed by atoms with E-state index in [1.807, 2.05) is 4.90 Å². The highest BCUT2D eigenvalue weighted by molar-refractivity contribution is 7.13. The van der Waals surface area contributed by atoms with Gasteiger partial charge in [0.05, 0.1) is 12.2 Å². The molecule has 0 aromatic carbocycles. The van der Waals surface area contributed by atoms with E-state index in [1.54, 1.807) is 19.2 Å². The van der Waals surface area contributed by atoms with Gasteiger partial charge >= 0.3 is 5.97 Å². The highest BCUT2D eigenvalue weighted by atomic mass is 32.1. The van der Waals surface area contributed by atoms with E-state index in [-0.39, 0.29) is 12.5 Å². The molecule has 1 amide bonds. The highest BCUT2D eigenvalue weighted by Crippen LogP contribution is 2.27. The van der Waals surface area contributed by atoms with Gasteiger partial charge in [-0.25, -0.2) is 4.98 Å². The number of amides is 1. The molecule has 6 nitrogen and oxygen atoms in total. The van der Waals surface area contributed by atoms with Crippen molar-refractivity contribution >= 4 is 28.3 Å². The summed E-state index contributed by atoms with van der Waals surface area (Å²) in [4.78, 5) is 29.1. The first-order chi connectivity index (χ1) is 9.41. The van der Waals surface area contributed by atoms with Crippen LogP contribution in [-0.2, 0) is 15.0 Å². The number of carbonyl (C=O) groups is 2. The number of nitrogens with zero attached hydrogens (tertiary/aromatic N) is 2. The Morgan fingerprint density at radius 2 is 2.10 bits per heavy atom. The van der Waals surface area contributed by atoms with Crippen molar-refractivity contribution in [3.63, 3.8) is 0 Å². The summed E-state index contributed by atoms with van der Waals surface area (Å²) in [6, 6.07) is 0. The number of likely N-dealkylation sites (tertiary alicyclic amines) is 1. The first-order valence-corrected chi connectivity index (χ1v) is 7.50. The van der Waals surface area contributed by atoms with Gasteiger partial charge < -0.3 is 15.3 Å². The second-order valence-electron chi connectivity index (χ2n) is 5.41. The fourth-order valence-corrected chi connectivity index (χ4v) is 2.86. The normalized spacial score (nSPS) is 15.4. The maximum Gasteiger partial charge on any atom is 0.315 e. The minimum atomic E-state index is -1.02. The van der Waals surface area contributed by atoms with E-state index in [0.29, 0.717) is 10.8 Å². The van der Waals surface area contributed by atoms with Gasteiger partial charge in [-0.2, -0.15) is 0 Å². The van der Waals surface area contributed by atoms with E-state index < -0.39 is 11.4 Å². The van der Waals surface area contributed by atoms with Gasteiger partial charge in [0.25, 0.3) is 0 Å². The lowest BCUT2D eigenvalue weighted by atomic mass is 9.90. The molecule has 20 heavy (non-hydrogen) atoms. The first-order valence-electron chi connectivity index (χ1n) is 6.62. The van der Waals surface area contributed by atoms with Crippen molar-refractivity contribution in [2.45, 2.75) is 32.1 Å². The summed E-state index contributed by atoms with van der Waals surface area (Å²) in [6.07, 6.45) is 2.14. The molecule has 0 aliphatic carbocycles. The summed E-state index contributed by atoms with van der Waals surface area (Å²) in [7, 11) is 0. The van der Waals surface area contributed by atoms with Gasteiger partial charge in [-0.15, -0.1) is 11.3 Å². The number of carboxylic acid groups (broad SMARTS) is 1. The highest BCUT2D eigenvalue weighted by Gasteiger charge is 2.32. The Morgan fingerprint density at radius 1 is 1.45 bits per heavy atom. The Kier molecular flexibility index (Phi) is 4.27. The zero-order valence-electron chi connectivity index (χ0n) is 11.7. The predicted molar refractivity (Wildman–Crippen MR) is 77.1 cm³/mol. The molecule has 2 heterocycles. The van der Waals surface area contributed by atoms with E-state index in [0.717, 1.165) is 25.9 Å².